The van der Waals surface area contributed by atoms with Gasteiger partial charge in [0.25, 0.3) is 0 Å². The molecule has 1 aromatic rings. The summed E-state index contributed by atoms with van der Waals surface area (Å²) >= 11 is 0. The highest BCUT2D eigenvalue weighted by Gasteiger charge is 2.18. The lowest BCUT2D eigenvalue weighted by molar-refractivity contribution is 0.594. The van der Waals surface area contributed by atoms with Gasteiger partial charge in [-0.25, -0.2) is 8.42 Å². The highest BCUT2D eigenvalue weighted by atomic mass is 32.2. The first-order valence-electron chi connectivity index (χ1n) is 6.95. The summed E-state index contributed by atoms with van der Waals surface area (Å²) in [5.41, 5.74) is 0.929. The lowest BCUT2D eigenvalue weighted by Crippen LogP contribution is -2.29. The second-order valence-electron chi connectivity index (χ2n) is 5.11. The fourth-order valence-electron chi connectivity index (χ4n) is 2.32. The van der Waals surface area contributed by atoms with E-state index >= 15 is 0 Å². The maximum Gasteiger partial charge on any atom is 0.178 e. The lowest BCUT2D eigenvalue weighted by atomic mass is 10.1. The SMILES string of the molecule is CCCS(=O)(=O)c1ccc(NC2CCS(=O)CC2)cc1. The van der Waals surface area contributed by atoms with Crippen LogP contribution >= 0.6 is 0 Å². The Labute approximate surface area is 123 Å². The Kier molecular flexibility index (Phi) is 5.21. The van der Waals surface area contributed by atoms with E-state index in [1.54, 1.807) is 12.1 Å². The number of anilines is 1. The van der Waals surface area contributed by atoms with Gasteiger partial charge in [-0.05, 0) is 43.5 Å². The standard InChI is InChI=1S/C14H21NO3S2/c1-2-11-20(17,18)14-5-3-12(4-6-14)15-13-7-9-19(16)10-8-13/h3-6,13,15H,2,7-11H2,1H3. The Morgan fingerprint density at radius 1 is 1.20 bits per heavy atom. The van der Waals surface area contributed by atoms with E-state index in [2.05, 4.69) is 5.32 Å². The number of benzene rings is 1. The predicted octanol–water partition coefficient (Wildman–Crippen LogP) is 2.19. The van der Waals surface area contributed by atoms with E-state index in [1.807, 2.05) is 19.1 Å². The number of hydrogen-bond donors (Lipinski definition) is 1. The van der Waals surface area contributed by atoms with Crippen molar-refractivity contribution in [3.8, 4) is 0 Å². The van der Waals surface area contributed by atoms with Crippen LogP contribution in [-0.2, 0) is 20.6 Å². The van der Waals surface area contributed by atoms with Gasteiger partial charge in [-0.1, -0.05) is 6.92 Å². The molecule has 4 nitrogen and oxygen atoms in total. The van der Waals surface area contributed by atoms with Crippen LogP contribution in [0.25, 0.3) is 0 Å². The first-order chi connectivity index (χ1) is 9.51. The molecule has 0 bridgehead atoms. The summed E-state index contributed by atoms with van der Waals surface area (Å²) in [6.07, 6.45) is 2.44. The first-order valence-corrected chi connectivity index (χ1v) is 10.1. The summed E-state index contributed by atoms with van der Waals surface area (Å²) in [5.74, 6) is 1.69. The van der Waals surface area contributed by atoms with Gasteiger partial charge >= 0.3 is 0 Å². The van der Waals surface area contributed by atoms with Crippen LogP contribution in [0.3, 0.4) is 0 Å². The average molecular weight is 315 g/mol. The van der Waals surface area contributed by atoms with Gasteiger partial charge in [0.15, 0.2) is 9.84 Å². The summed E-state index contributed by atoms with van der Waals surface area (Å²) in [4.78, 5) is 0.384. The Morgan fingerprint density at radius 3 is 2.35 bits per heavy atom. The van der Waals surface area contributed by atoms with E-state index in [0.29, 0.717) is 17.4 Å². The van der Waals surface area contributed by atoms with Crippen molar-refractivity contribution < 1.29 is 12.6 Å². The minimum Gasteiger partial charge on any atom is -0.382 e. The fraction of sp³-hybridized carbons (Fsp3) is 0.571. The first kappa shape index (κ1) is 15.5. The maximum absolute atomic E-state index is 11.9. The minimum absolute atomic E-state index is 0.189. The molecule has 0 saturated carbocycles. The van der Waals surface area contributed by atoms with E-state index in [1.165, 1.54) is 0 Å². The average Bonchev–Trinajstić information content (AvgIpc) is 2.42. The highest BCUT2D eigenvalue weighted by Crippen LogP contribution is 2.19. The lowest BCUT2D eigenvalue weighted by Gasteiger charge is -2.23. The molecule has 0 radical (unpaired) electrons. The third-order valence-electron chi connectivity index (χ3n) is 3.45. The summed E-state index contributed by atoms with van der Waals surface area (Å²) < 4.78 is 35.1. The number of sulfone groups is 1. The molecule has 6 heteroatoms. The third kappa shape index (κ3) is 4.06. The van der Waals surface area contributed by atoms with Crippen LogP contribution in [0.2, 0.25) is 0 Å². The molecule has 20 heavy (non-hydrogen) atoms. The van der Waals surface area contributed by atoms with E-state index in [9.17, 15) is 12.6 Å². The summed E-state index contributed by atoms with van der Waals surface area (Å²) in [6.45, 7) is 1.86. The van der Waals surface area contributed by atoms with Gasteiger partial charge in [-0.2, -0.15) is 0 Å². The quantitative estimate of drug-likeness (QED) is 0.905. The zero-order valence-electron chi connectivity index (χ0n) is 11.7. The van der Waals surface area contributed by atoms with E-state index in [-0.39, 0.29) is 5.75 Å². The van der Waals surface area contributed by atoms with Crippen LogP contribution < -0.4 is 5.32 Å². The van der Waals surface area contributed by atoms with Crippen LogP contribution in [0.15, 0.2) is 29.2 Å². The van der Waals surface area contributed by atoms with Crippen LogP contribution in [-0.4, -0.2) is 35.9 Å². The second kappa shape index (κ2) is 6.72. The Hall–Kier alpha value is -0.880. The van der Waals surface area contributed by atoms with Crippen molar-refractivity contribution in [3.63, 3.8) is 0 Å². The molecule has 1 aliphatic heterocycles. The van der Waals surface area contributed by atoms with Crippen molar-refractivity contribution in [2.24, 2.45) is 0 Å². The summed E-state index contributed by atoms with van der Waals surface area (Å²) in [5, 5.41) is 3.38. The molecule has 1 aromatic carbocycles. The Bertz CT molecular complexity index is 557. The van der Waals surface area contributed by atoms with Crippen LogP contribution in [0.1, 0.15) is 26.2 Å². The van der Waals surface area contributed by atoms with Crippen molar-refractivity contribution >= 4 is 26.3 Å². The molecule has 1 fully saturated rings. The number of nitrogens with one attached hydrogen (secondary N) is 1. The largest absolute Gasteiger partial charge is 0.382 e. The van der Waals surface area contributed by atoms with Gasteiger partial charge in [0, 0.05) is 34.0 Å². The minimum atomic E-state index is -3.14. The van der Waals surface area contributed by atoms with E-state index in [0.717, 1.165) is 30.0 Å². The summed E-state index contributed by atoms with van der Waals surface area (Å²) in [6, 6.07) is 7.29. The van der Waals surface area contributed by atoms with Gasteiger partial charge < -0.3 is 5.32 Å². The molecule has 0 unspecified atom stereocenters. The molecule has 1 heterocycles. The van der Waals surface area contributed by atoms with E-state index < -0.39 is 20.6 Å². The second-order valence-corrected chi connectivity index (χ2v) is 8.92. The van der Waals surface area contributed by atoms with Gasteiger partial charge in [-0.15, -0.1) is 0 Å². The topological polar surface area (TPSA) is 63.2 Å². The van der Waals surface area contributed by atoms with Crippen molar-refractivity contribution in [2.75, 3.05) is 22.6 Å². The molecule has 0 aromatic heterocycles. The van der Waals surface area contributed by atoms with Crippen molar-refractivity contribution in [2.45, 2.75) is 37.1 Å². The molecule has 2 rings (SSSR count). The number of rotatable bonds is 5. The van der Waals surface area contributed by atoms with Gasteiger partial charge in [0.2, 0.25) is 0 Å². The van der Waals surface area contributed by atoms with Gasteiger partial charge in [0.05, 0.1) is 10.6 Å². The van der Waals surface area contributed by atoms with Crippen LogP contribution in [0.4, 0.5) is 5.69 Å². The Balaban J connectivity index is 2.00. The van der Waals surface area contributed by atoms with Gasteiger partial charge in [-0.3, -0.25) is 4.21 Å². The monoisotopic (exact) mass is 315 g/mol. The molecule has 1 aliphatic rings. The summed E-state index contributed by atoms with van der Waals surface area (Å²) in [7, 11) is -3.79. The van der Waals surface area contributed by atoms with E-state index in [4.69, 9.17) is 0 Å². The molecular formula is C14H21NO3S2. The smallest absolute Gasteiger partial charge is 0.178 e. The van der Waals surface area contributed by atoms with Crippen LogP contribution in [0, 0.1) is 0 Å². The van der Waals surface area contributed by atoms with Crippen molar-refractivity contribution in [1.82, 2.24) is 0 Å². The molecule has 0 amide bonds. The molecule has 0 spiro atoms. The van der Waals surface area contributed by atoms with Crippen LogP contribution in [0.5, 0.6) is 0 Å². The molecule has 1 N–H and O–H groups in total. The van der Waals surface area contributed by atoms with Crippen molar-refractivity contribution in [1.29, 1.82) is 0 Å². The molecular weight excluding hydrogens is 294 g/mol. The van der Waals surface area contributed by atoms with Crippen molar-refractivity contribution in [3.05, 3.63) is 24.3 Å². The highest BCUT2D eigenvalue weighted by molar-refractivity contribution is 7.91. The molecule has 0 aliphatic carbocycles. The zero-order chi connectivity index (χ0) is 14.6. The maximum atomic E-state index is 11.9. The van der Waals surface area contributed by atoms with Gasteiger partial charge in [0.1, 0.15) is 0 Å². The zero-order valence-corrected chi connectivity index (χ0v) is 13.3. The molecule has 1 saturated heterocycles. The Morgan fingerprint density at radius 2 is 1.80 bits per heavy atom. The fourth-order valence-corrected chi connectivity index (χ4v) is 4.94. The molecule has 0 atom stereocenters. The molecule has 112 valence electrons. The number of hydrogen-bond acceptors (Lipinski definition) is 4. The predicted molar refractivity (Wildman–Crippen MR) is 83.3 cm³/mol. The normalized spacial score (nSPS) is 23.4. The third-order valence-corrected chi connectivity index (χ3v) is 6.76.